The van der Waals surface area contributed by atoms with E-state index in [0.29, 0.717) is 0 Å². The lowest BCUT2D eigenvalue weighted by molar-refractivity contribution is 0.199. The van der Waals surface area contributed by atoms with Gasteiger partial charge in [0.25, 0.3) is 0 Å². The summed E-state index contributed by atoms with van der Waals surface area (Å²) >= 11 is 7.90. The third-order valence-corrected chi connectivity index (χ3v) is 3.78. The Labute approximate surface area is 101 Å². The lowest BCUT2D eigenvalue weighted by Gasteiger charge is -2.08. The summed E-state index contributed by atoms with van der Waals surface area (Å²) in [5.74, 6) is 1.10. The van der Waals surface area contributed by atoms with Gasteiger partial charge in [-0.1, -0.05) is 31.0 Å². The van der Waals surface area contributed by atoms with Crippen molar-refractivity contribution in [1.29, 1.82) is 0 Å². The molecule has 0 aliphatic heterocycles. The van der Waals surface area contributed by atoms with Gasteiger partial charge in [0.1, 0.15) is 0 Å². The Morgan fingerprint density at radius 1 is 1.47 bits per heavy atom. The average molecular weight is 245 g/mol. The highest BCUT2D eigenvalue weighted by Crippen LogP contribution is 2.30. The molecule has 15 heavy (non-hydrogen) atoms. The van der Waals surface area contributed by atoms with Crippen LogP contribution in [-0.2, 0) is 0 Å². The van der Waals surface area contributed by atoms with Crippen molar-refractivity contribution >= 4 is 23.4 Å². The van der Waals surface area contributed by atoms with Crippen molar-refractivity contribution in [1.82, 2.24) is 0 Å². The summed E-state index contributed by atoms with van der Waals surface area (Å²) in [5.41, 5.74) is 0.875. The molecule has 0 fully saturated rings. The van der Waals surface area contributed by atoms with Crippen molar-refractivity contribution in [3.63, 3.8) is 0 Å². The van der Waals surface area contributed by atoms with Gasteiger partial charge in [0.2, 0.25) is 0 Å². The molecule has 0 bridgehead atoms. The number of hydrogen-bond acceptors (Lipinski definition) is 2. The largest absolute Gasteiger partial charge is 0.389 e. The first-order valence-electron chi connectivity index (χ1n) is 5.25. The van der Waals surface area contributed by atoms with Gasteiger partial charge in [0.15, 0.2) is 0 Å². The van der Waals surface area contributed by atoms with E-state index in [9.17, 15) is 5.11 Å². The summed E-state index contributed by atoms with van der Waals surface area (Å²) in [6.07, 6.45) is 1.97. The normalized spacial score (nSPS) is 12.8. The van der Waals surface area contributed by atoms with Gasteiger partial charge in [-0.3, -0.25) is 0 Å². The third kappa shape index (κ3) is 4.06. The van der Waals surface area contributed by atoms with Crippen LogP contribution in [0.2, 0.25) is 5.02 Å². The van der Waals surface area contributed by atoms with Gasteiger partial charge in [-0.2, -0.15) is 0 Å². The van der Waals surface area contributed by atoms with E-state index >= 15 is 0 Å². The molecule has 0 aliphatic rings. The predicted octanol–water partition coefficient (Wildman–Crippen LogP) is 4.29. The number of aliphatic hydroxyl groups is 1. The smallest absolute Gasteiger partial charge is 0.0762 e. The van der Waals surface area contributed by atoms with Gasteiger partial charge < -0.3 is 5.11 Å². The van der Waals surface area contributed by atoms with Crippen LogP contribution in [0.25, 0.3) is 0 Å². The third-order valence-electron chi connectivity index (χ3n) is 2.19. The predicted molar refractivity (Wildman–Crippen MR) is 67.7 cm³/mol. The zero-order valence-electron chi connectivity index (χ0n) is 9.16. The van der Waals surface area contributed by atoms with E-state index in [1.54, 1.807) is 18.7 Å². The quantitative estimate of drug-likeness (QED) is 0.616. The van der Waals surface area contributed by atoms with Crippen molar-refractivity contribution in [2.45, 2.75) is 37.7 Å². The molecule has 1 N–H and O–H groups in total. The molecule has 84 valence electrons. The van der Waals surface area contributed by atoms with E-state index < -0.39 is 6.10 Å². The number of rotatable bonds is 5. The van der Waals surface area contributed by atoms with E-state index in [4.69, 9.17) is 11.6 Å². The fraction of sp³-hybridized carbons (Fsp3) is 0.500. The van der Waals surface area contributed by atoms with E-state index in [1.807, 2.05) is 18.2 Å². The van der Waals surface area contributed by atoms with Gasteiger partial charge in [0, 0.05) is 4.90 Å². The topological polar surface area (TPSA) is 20.2 Å². The molecular formula is C12H17ClOS. The maximum absolute atomic E-state index is 9.39. The highest BCUT2D eigenvalue weighted by molar-refractivity contribution is 7.99. The highest BCUT2D eigenvalue weighted by atomic mass is 35.5. The standard InChI is InChI=1S/C12H17ClOS/c1-3-4-7-15-12-6-5-10(9(2)14)8-11(12)13/h5-6,8-9,14H,3-4,7H2,1-2H3/t9-/m1/s1. The van der Waals surface area contributed by atoms with Crippen LogP contribution < -0.4 is 0 Å². The first-order chi connectivity index (χ1) is 7.15. The Bertz CT molecular complexity index is 312. The number of aliphatic hydroxyl groups excluding tert-OH is 1. The fourth-order valence-corrected chi connectivity index (χ4v) is 2.59. The van der Waals surface area contributed by atoms with Crippen LogP contribution in [0.15, 0.2) is 23.1 Å². The minimum Gasteiger partial charge on any atom is -0.389 e. The Morgan fingerprint density at radius 3 is 2.73 bits per heavy atom. The van der Waals surface area contributed by atoms with Gasteiger partial charge in [0.05, 0.1) is 11.1 Å². The summed E-state index contributed by atoms with van der Waals surface area (Å²) < 4.78 is 0. The van der Waals surface area contributed by atoms with Crippen molar-refractivity contribution in [3.05, 3.63) is 28.8 Å². The number of benzene rings is 1. The average Bonchev–Trinajstić information content (AvgIpc) is 2.20. The number of thioether (sulfide) groups is 1. The molecule has 0 aliphatic carbocycles. The molecule has 1 atom stereocenters. The molecule has 0 amide bonds. The molecular weight excluding hydrogens is 228 g/mol. The van der Waals surface area contributed by atoms with Crippen LogP contribution in [0.1, 0.15) is 38.4 Å². The zero-order chi connectivity index (χ0) is 11.3. The molecule has 0 unspecified atom stereocenters. The summed E-state index contributed by atoms with van der Waals surface area (Å²) in [5, 5.41) is 10.1. The summed E-state index contributed by atoms with van der Waals surface area (Å²) in [7, 11) is 0. The summed E-state index contributed by atoms with van der Waals surface area (Å²) in [6.45, 7) is 3.92. The van der Waals surface area contributed by atoms with Gasteiger partial charge in [-0.15, -0.1) is 11.8 Å². The van der Waals surface area contributed by atoms with Crippen molar-refractivity contribution < 1.29 is 5.11 Å². The van der Waals surface area contributed by atoms with E-state index in [0.717, 1.165) is 21.2 Å². The molecule has 0 heterocycles. The van der Waals surface area contributed by atoms with Gasteiger partial charge in [-0.05, 0) is 36.8 Å². The second kappa shape index (κ2) is 6.41. The van der Waals surface area contributed by atoms with Crippen LogP contribution in [0.5, 0.6) is 0 Å². The van der Waals surface area contributed by atoms with Crippen LogP contribution in [0, 0.1) is 0 Å². The summed E-state index contributed by atoms with van der Waals surface area (Å²) in [6, 6.07) is 5.77. The highest BCUT2D eigenvalue weighted by Gasteiger charge is 2.05. The Hall–Kier alpha value is -0.180. The van der Waals surface area contributed by atoms with E-state index in [-0.39, 0.29) is 0 Å². The lowest BCUT2D eigenvalue weighted by Crippen LogP contribution is -1.91. The van der Waals surface area contributed by atoms with Crippen LogP contribution in [0.4, 0.5) is 0 Å². The Morgan fingerprint density at radius 2 is 2.20 bits per heavy atom. The minimum absolute atomic E-state index is 0.447. The SMILES string of the molecule is CCCCSc1ccc([C@@H](C)O)cc1Cl. The van der Waals surface area contributed by atoms with Crippen molar-refractivity contribution in [3.8, 4) is 0 Å². The Kier molecular flexibility index (Phi) is 5.51. The second-order valence-electron chi connectivity index (χ2n) is 3.57. The molecule has 0 saturated heterocycles. The second-order valence-corrected chi connectivity index (χ2v) is 5.11. The first kappa shape index (κ1) is 12.9. The monoisotopic (exact) mass is 244 g/mol. The molecule has 3 heteroatoms. The lowest BCUT2D eigenvalue weighted by atomic mass is 10.1. The number of halogens is 1. The fourth-order valence-electron chi connectivity index (χ4n) is 1.22. The molecule has 1 aromatic rings. The molecule has 0 radical (unpaired) electrons. The number of hydrogen-bond donors (Lipinski definition) is 1. The van der Waals surface area contributed by atoms with Crippen molar-refractivity contribution in [2.24, 2.45) is 0 Å². The molecule has 0 aromatic heterocycles. The van der Waals surface area contributed by atoms with Crippen LogP contribution in [-0.4, -0.2) is 10.9 Å². The van der Waals surface area contributed by atoms with Crippen molar-refractivity contribution in [2.75, 3.05) is 5.75 Å². The molecule has 1 rings (SSSR count). The van der Waals surface area contributed by atoms with Crippen LogP contribution >= 0.6 is 23.4 Å². The van der Waals surface area contributed by atoms with Gasteiger partial charge >= 0.3 is 0 Å². The Balaban J connectivity index is 2.66. The van der Waals surface area contributed by atoms with Crippen LogP contribution in [0.3, 0.4) is 0 Å². The molecule has 0 saturated carbocycles. The van der Waals surface area contributed by atoms with E-state index in [2.05, 4.69) is 6.92 Å². The summed E-state index contributed by atoms with van der Waals surface area (Å²) in [4.78, 5) is 1.11. The molecule has 0 spiro atoms. The minimum atomic E-state index is -0.447. The molecule has 1 nitrogen and oxygen atoms in total. The maximum Gasteiger partial charge on any atom is 0.0762 e. The van der Waals surface area contributed by atoms with E-state index in [1.165, 1.54) is 12.8 Å². The maximum atomic E-state index is 9.39. The number of unbranched alkanes of at least 4 members (excludes halogenated alkanes) is 1. The zero-order valence-corrected chi connectivity index (χ0v) is 10.7. The van der Waals surface area contributed by atoms with Gasteiger partial charge in [-0.25, -0.2) is 0 Å². The first-order valence-corrected chi connectivity index (χ1v) is 6.61. The molecule has 1 aromatic carbocycles.